The summed E-state index contributed by atoms with van der Waals surface area (Å²) in [5, 5.41) is 0. The van der Waals surface area contributed by atoms with Gasteiger partial charge in [0.2, 0.25) is 0 Å². The van der Waals surface area contributed by atoms with Crippen molar-refractivity contribution in [1.82, 2.24) is 0 Å². The highest BCUT2D eigenvalue weighted by Crippen LogP contribution is 2.21. The minimum absolute atomic E-state index is 0.168. The van der Waals surface area contributed by atoms with Gasteiger partial charge in [-0.15, -0.1) is 0 Å². The average molecular weight is 186 g/mol. The van der Waals surface area contributed by atoms with Gasteiger partial charge >= 0.3 is 5.97 Å². The molecule has 0 saturated carbocycles. The summed E-state index contributed by atoms with van der Waals surface area (Å²) in [5.74, 6) is 1.02. The first kappa shape index (κ1) is 12.5. The standard InChI is InChI=1S/C11H22O2/c1-5-7-11(6-2)9(3)8-13-10(4)12/h9,11H,5-8H2,1-4H3. The van der Waals surface area contributed by atoms with E-state index in [-0.39, 0.29) is 5.97 Å². The Morgan fingerprint density at radius 1 is 1.38 bits per heavy atom. The second-order valence-corrected chi connectivity index (χ2v) is 3.74. The zero-order chi connectivity index (χ0) is 10.3. The van der Waals surface area contributed by atoms with Crippen LogP contribution in [0.1, 0.15) is 47.0 Å². The smallest absolute Gasteiger partial charge is 0.302 e. The van der Waals surface area contributed by atoms with Crippen LogP contribution >= 0.6 is 0 Å². The van der Waals surface area contributed by atoms with Crippen LogP contribution in [0.2, 0.25) is 0 Å². The molecule has 2 heteroatoms. The SMILES string of the molecule is CCCC(CC)C(C)COC(C)=O. The first-order valence-electron chi connectivity index (χ1n) is 5.25. The van der Waals surface area contributed by atoms with Crippen molar-refractivity contribution in [3.05, 3.63) is 0 Å². The largest absolute Gasteiger partial charge is 0.466 e. The first-order chi connectivity index (χ1) is 6.11. The molecule has 2 atom stereocenters. The summed E-state index contributed by atoms with van der Waals surface area (Å²) in [6.45, 7) is 8.60. The molecule has 0 spiro atoms. The lowest BCUT2D eigenvalue weighted by Crippen LogP contribution is -2.18. The van der Waals surface area contributed by atoms with E-state index in [1.165, 1.54) is 26.2 Å². The Morgan fingerprint density at radius 2 is 2.00 bits per heavy atom. The fourth-order valence-corrected chi connectivity index (χ4v) is 1.65. The maximum Gasteiger partial charge on any atom is 0.302 e. The summed E-state index contributed by atoms with van der Waals surface area (Å²) >= 11 is 0. The van der Waals surface area contributed by atoms with Crippen molar-refractivity contribution >= 4 is 5.97 Å². The number of carbonyl (C=O) groups excluding carboxylic acids is 1. The van der Waals surface area contributed by atoms with E-state index in [2.05, 4.69) is 20.8 Å². The molecular formula is C11H22O2. The molecule has 0 aromatic carbocycles. The van der Waals surface area contributed by atoms with Crippen LogP contribution in [-0.4, -0.2) is 12.6 Å². The zero-order valence-electron chi connectivity index (χ0n) is 9.30. The van der Waals surface area contributed by atoms with Crippen molar-refractivity contribution in [1.29, 1.82) is 0 Å². The molecule has 0 bridgehead atoms. The van der Waals surface area contributed by atoms with Crippen LogP contribution in [0.15, 0.2) is 0 Å². The highest BCUT2D eigenvalue weighted by Gasteiger charge is 2.15. The number of rotatable bonds is 6. The van der Waals surface area contributed by atoms with Crippen LogP contribution in [0.4, 0.5) is 0 Å². The maximum absolute atomic E-state index is 10.6. The van der Waals surface area contributed by atoms with Crippen LogP contribution in [0.3, 0.4) is 0 Å². The number of hydrogen-bond donors (Lipinski definition) is 0. The third kappa shape index (κ3) is 5.67. The van der Waals surface area contributed by atoms with E-state index in [1.807, 2.05) is 0 Å². The van der Waals surface area contributed by atoms with E-state index < -0.39 is 0 Å². The normalized spacial score (nSPS) is 15.1. The predicted octanol–water partition coefficient (Wildman–Crippen LogP) is 3.01. The molecular weight excluding hydrogens is 164 g/mol. The molecule has 0 aliphatic heterocycles. The van der Waals surface area contributed by atoms with Gasteiger partial charge in [0.15, 0.2) is 0 Å². The lowest BCUT2D eigenvalue weighted by Gasteiger charge is -2.21. The van der Waals surface area contributed by atoms with Gasteiger partial charge in [0.25, 0.3) is 0 Å². The van der Waals surface area contributed by atoms with Gasteiger partial charge in [-0.2, -0.15) is 0 Å². The minimum atomic E-state index is -0.168. The molecule has 0 heterocycles. The van der Waals surface area contributed by atoms with E-state index in [0.717, 1.165) is 0 Å². The van der Waals surface area contributed by atoms with Gasteiger partial charge in [0.1, 0.15) is 0 Å². The third-order valence-corrected chi connectivity index (χ3v) is 2.54. The van der Waals surface area contributed by atoms with E-state index in [9.17, 15) is 4.79 Å². The van der Waals surface area contributed by atoms with Gasteiger partial charge in [-0.1, -0.05) is 40.0 Å². The van der Waals surface area contributed by atoms with E-state index in [1.54, 1.807) is 0 Å². The molecule has 0 aromatic rings. The van der Waals surface area contributed by atoms with Gasteiger partial charge in [-0.05, 0) is 11.8 Å². The van der Waals surface area contributed by atoms with Crippen molar-refractivity contribution in [2.24, 2.45) is 11.8 Å². The average Bonchev–Trinajstić information content (AvgIpc) is 2.10. The molecule has 0 aromatic heterocycles. The van der Waals surface area contributed by atoms with Gasteiger partial charge in [-0.3, -0.25) is 4.79 Å². The third-order valence-electron chi connectivity index (χ3n) is 2.54. The Labute approximate surface area is 81.7 Å². The van der Waals surface area contributed by atoms with Crippen molar-refractivity contribution in [2.75, 3.05) is 6.61 Å². The fourth-order valence-electron chi connectivity index (χ4n) is 1.65. The molecule has 0 radical (unpaired) electrons. The van der Waals surface area contributed by atoms with Gasteiger partial charge < -0.3 is 4.74 Å². The Morgan fingerprint density at radius 3 is 2.38 bits per heavy atom. The van der Waals surface area contributed by atoms with Gasteiger partial charge in [-0.25, -0.2) is 0 Å². The van der Waals surface area contributed by atoms with E-state index in [4.69, 9.17) is 4.74 Å². The molecule has 0 saturated heterocycles. The molecule has 13 heavy (non-hydrogen) atoms. The predicted molar refractivity (Wildman–Crippen MR) is 54.5 cm³/mol. The second kappa shape index (κ2) is 6.93. The van der Waals surface area contributed by atoms with Gasteiger partial charge in [0.05, 0.1) is 6.61 Å². The molecule has 0 aliphatic rings. The fraction of sp³-hybridized carbons (Fsp3) is 0.909. The molecule has 0 N–H and O–H groups in total. The topological polar surface area (TPSA) is 26.3 Å². The van der Waals surface area contributed by atoms with E-state index >= 15 is 0 Å². The monoisotopic (exact) mass is 186 g/mol. The summed E-state index contributed by atoms with van der Waals surface area (Å²) in [6, 6.07) is 0. The highest BCUT2D eigenvalue weighted by molar-refractivity contribution is 5.65. The Balaban J connectivity index is 3.76. The number of ether oxygens (including phenoxy) is 1. The molecule has 0 amide bonds. The first-order valence-corrected chi connectivity index (χ1v) is 5.25. The van der Waals surface area contributed by atoms with Crippen LogP contribution in [-0.2, 0) is 9.53 Å². The molecule has 0 fully saturated rings. The number of carbonyl (C=O) groups is 1. The van der Waals surface area contributed by atoms with Gasteiger partial charge in [0, 0.05) is 6.92 Å². The number of esters is 1. The van der Waals surface area contributed by atoms with Crippen LogP contribution in [0.25, 0.3) is 0 Å². The summed E-state index contributed by atoms with van der Waals surface area (Å²) < 4.78 is 4.99. The summed E-state index contributed by atoms with van der Waals surface area (Å²) in [7, 11) is 0. The molecule has 0 rings (SSSR count). The summed E-state index contributed by atoms with van der Waals surface area (Å²) in [6.07, 6.45) is 3.62. The van der Waals surface area contributed by atoms with Crippen LogP contribution in [0, 0.1) is 11.8 Å². The number of hydrogen-bond acceptors (Lipinski definition) is 2. The zero-order valence-corrected chi connectivity index (χ0v) is 9.30. The van der Waals surface area contributed by atoms with E-state index in [0.29, 0.717) is 18.4 Å². The van der Waals surface area contributed by atoms with Crippen LogP contribution in [0.5, 0.6) is 0 Å². The Bertz CT molecular complexity index is 143. The second-order valence-electron chi connectivity index (χ2n) is 3.74. The van der Waals surface area contributed by atoms with Crippen molar-refractivity contribution in [3.8, 4) is 0 Å². The maximum atomic E-state index is 10.6. The van der Waals surface area contributed by atoms with Crippen molar-refractivity contribution < 1.29 is 9.53 Å². The van der Waals surface area contributed by atoms with Crippen LogP contribution < -0.4 is 0 Å². The highest BCUT2D eigenvalue weighted by atomic mass is 16.5. The molecule has 0 aliphatic carbocycles. The Hall–Kier alpha value is -0.530. The molecule has 2 unspecified atom stereocenters. The summed E-state index contributed by atoms with van der Waals surface area (Å²) in [4.78, 5) is 10.6. The van der Waals surface area contributed by atoms with Crippen molar-refractivity contribution in [2.45, 2.75) is 47.0 Å². The molecule has 78 valence electrons. The lowest BCUT2D eigenvalue weighted by atomic mass is 9.88. The van der Waals surface area contributed by atoms with Crippen molar-refractivity contribution in [3.63, 3.8) is 0 Å². The quantitative estimate of drug-likeness (QED) is 0.596. The minimum Gasteiger partial charge on any atom is -0.466 e. The molecule has 2 nitrogen and oxygen atoms in total. The summed E-state index contributed by atoms with van der Waals surface area (Å²) in [5.41, 5.74) is 0. The Kier molecular flexibility index (Phi) is 6.65. The lowest BCUT2D eigenvalue weighted by molar-refractivity contribution is -0.142.